The van der Waals surface area contributed by atoms with Gasteiger partial charge in [-0.2, -0.15) is 9.67 Å². The van der Waals surface area contributed by atoms with Crippen molar-refractivity contribution < 1.29 is 23.4 Å². The molecule has 0 fully saturated rings. The molecule has 26 heavy (non-hydrogen) atoms. The number of benzene rings is 2. The molecule has 0 saturated heterocycles. The zero-order valence-electron chi connectivity index (χ0n) is 13.8. The van der Waals surface area contributed by atoms with Gasteiger partial charge >= 0.3 is 6.01 Å². The van der Waals surface area contributed by atoms with Crippen molar-refractivity contribution in [3.8, 4) is 28.9 Å². The number of hydrogen-bond donors (Lipinski definition) is 0. The molecule has 7 nitrogen and oxygen atoms in total. The van der Waals surface area contributed by atoms with Gasteiger partial charge in [0, 0.05) is 11.1 Å². The predicted octanol–water partition coefficient (Wildman–Crippen LogP) is 2.90. The number of hydrogen-bond acceptors (Lipinski definition) is 6. The second kappa shape index (κ2) is 6.47. The van der Waals surface area contributed by atoms with E-state index in [0.717, 1.165) is 10.7 Å². The van der Waals surface area contributed by atoms with Gasteiger partial charge in [0.25, 0.3) is 5.91 Å². The Morgan fingerprint density at radius 1 is 1.23 bits per heavy atom. The van der Waals surface area contributed by atoms with E-state index < -0.39 is 11.7 Å². The highest BCUT2D eigenvalue weighted by Crippen LogP contribution is 2.35. The first kappa shape index (κ1) is 16.1. The lowest BCUT2D eigenvalue weighted by Crippen LogP contribution is -2.15. The molecular weight excluding hydrogens is 341 g/mol. The molecule has 0 unspecified atom stereocenters. The van der Waals surface area contributed by atoms with Gasteiger partial charge in [-0.25, -0.2) is 4.39 Å². The minimum atomic E-state index is -0.518. The van der Waals surface area contributed by atoms with Crippen LogP contribution in [0.3, 0.4) is 0 Å². The third kappa shape index (κ3) is 2.85. The second-order valence-electron chi connectivity index (χ2n) is 5.45. The number of carbonyl (C=O) groups is 1. The van der Waals surface area contributed by atoms with Gasteiger partial charge in [0.15, 0.2) is 17.3 Å². The maximum atomic E-state index is 13.5. The summed E-state index contributed by atoms with van der Waals surface area (Å²) in [5.41, 5.74) is 0.748. The van der Waals surface area contributed by atoms with Gasteiger partial charge in [-0.05, 0) is 43.3 Å². The number of nitrogens with zero attached hydrogens (tertiary/aromatic N) is 3. The Kier molecular flexibility index (Phi) is 4.00. The minimum absolute atomic E-state index is 0.0601. The van der Waals surface area contributed by atoms with Gasteiger partial charge < -0.3 is 14.2 Å². The highest BCUT2D eigenvalue weighted by Gasteiger charge is 2.22. The van der Waals surface area contributed by atoms with Gasteiger partial charge in [-0.3, -0.25) is 4.79 Å². The Balaban J connectivity index is 1.80. The van der Waals surface area contributed by atoms with E-state index in [4.69, 9.17) is 14.2 Å². The minimum Gasteiger partial charge on any atom is -0.463 e. The lowest BCUT2D eigenvalue weighted by Gasteiger charge is -2.05. The molecule has 132 valence electrons. The molecule has 0 N–H and O–H groups in total. The molecule has 2 heterocycles. The fourth-order valence-electron chi connectivity index (χ4n) is 2.59. The molecule has 8 heteroatoms. The standard InChI is InChI=1S/C18H14FN3O4/c1-2-24-18-20-16(11-6-7-14-15(9-11)26-10-25-14)22(21-18)17(23)12-4-3-5-13(19)8-12/h3-9H,2,10H2,1H3. The topological polar surface area (TPSA) is 75.5 Å². The van der Waals surface area contributed by atoms with Crippen molar-refractivity contribution in [2.45, 2.75) is 6.92 Å². The van der Waals surface area contributed by atoms with E-state index in [1.165, 1.54) is 18.2 Å². The van der Waals surface area contributed by atoms with Crippen molar-refractivity contribution in [1.29, 1.82) is 0 Å². The third-order valence-corrected chi connectivity index (χ3v) is 3.76. The molecule has 0 bridgehead atoms. The molecule has 1 aliphatic rings. The lowest BCUT2D eigenvalue weighted by atomic mass is 10.1. The van der Waals surface area contributed by atoms with Crippen molar-refractivity contribution >= 4 is 5.91 Å². The molecule has 2 aromatic carbocycles. The molecule has 0 amide bonds. The highest BCUT2D eigenvalue weighted by atomic mass is 19.1. The smallest absolute Gasteiger partial charge is 0.336 e. The molecule has 1 aromatic heterocycles. The zero-order valence-corrected chi connectivity index (χ0v) is 13.8. The van der Waals surface area contributed by atoms with E-state index in [0.29, 0.717) is 23.7 Å². The van der Waals surface area contributed by atoms with Crippen LogP contribution < -0.4 is 14.2 Å². The quantitative estimate of drug-likeness (QED) is 0.716. The van der Waals surface area contributed by atoms with Crippen molar-refractivity contribution in [3.63, 3.8) is 0 Å². The molecular formula is C18H14FN3O4. The average molecular weight is 355 g/mol. The zero-order chi connectivity index (χ0) is 18.1. The average Bonchev–Trinajstić information content (AvgIpc) is 3.27. The molecule has 4 rings (SSSR count). The largest absolute Gasteiger partial charge is 0.463 e. The van der Waals surface area contributed by atoms with Crippen LogP contribution in [-0.4, -0.2) is 34.1 Å². The first-order valence-electron chi connectivity index (χ1n) is 7.96. The molecule has 3 aromatic rings. The Bertz CT molecular complexity index is 986. The Labute approximate surface area is 147 Å². The normalized spacial score (nSPS) is 12.2. The van der Waals surface area contributed by atoms with Crippen LogP contribution >= 0.6 is 0 Å². The molecule has 0 atom stereocenters. The van der Waals surface area contributed by atoms with Gasteiger partial charge in [0.05, 0.1) is 6.61 Å². The number of fused-ring (bicyclic) bond motifs is 1. The van der Waals surface area contributed by atoms with Gasteiger partial charge in [0.2, 0.25) is 6.79 Å². The fraction of sp³-hybridized carbons (Fsp3) is 0.167. The van der Waals surface area contributed by atoms with E-state index in [9.17, 15) is 9.18 Å². The number of carbonyl (C=O) groups excluding carboxylic acids is 1. The first-order valence-corrected chi connectivity index (χ1v) is 7.96. The van der Waals surface area contributed by atoms with Crippen LogP contribution in [0.15, 0.2) is 42.5 Å². The first-order chi connectivity index (χ1) is 12.7. The summed E-state index contributed by atoms with van der Waals surface area (Å²) < 4.78 is 30.6. The van der Waals surface area contributed by atoms with E-state index >= 15 is 0 Å². The Morgan fingerprint density at radius 2 is 2.08 bits per heavy atom. The molecule has 0 spiro atoms. The van der Waals surface area contributed by atoms with Crippen LogP contribution in [-0.2, 0) is 0 Å². The summed E-state index contributed by atoms with van der Waals surface area (Å²) in [4.78, 5) is 17.1. The van der Waals surface area contributed by atoms with E-state index in [2.05, 4.69) is 10.1 Å². The van der Waals surface area contributed by atoms with E-state index in [1.54, 1.807) is 25.1 Å². The van der Waals surface area contributed by atoms with Crippen LogP contribution in [0.2, 0.25) is 0 Å². The van der Waals surface area contributed by atoms with Gasteiger partial charge in [-0.1, -0.05) is 6.07 Å². The number of ether oxygens (including phenoxy) is 3. The Hall–Kier alpha value is -3.42. The van der Waals surface area contributed by atoms with Crippen LogP contribution in [0.25, 0.3) is 11.4 Å². The second-order valence-corrected chi connectivity index (χ2v) is 5.45. The Morgan fingerprint density at radius 3 is 2.88 bits per heavy atom. The number of rotatable bonds is 4. The molecule has 0 aliphatic carbocycles. The SMILES string of the molecule is CCOc1nc(-c2ccc3c(c2)OCO3)n(C(=O)c2cccc(F)c2)n1. The summed E-state index contributed by atoms with van der Waals surface area (Å²) >= 11 is 0. The van der Waals surface area contributed by atoms with Crippen LogP contribution in [0.1, 0.15) is 17.3 Å². The van der Waals surface area contributed by atoms with E-state index in [-0.39, 0.29) is 24.2 Å². The molecule has 0 radical (unpaired) electrons. The summed E-state index contributed by atoms with van der Waals surface area (Å²) in [6.45, 7) is 2.27. The summed E-state index contributed by atoms with van der Waals surface area (Å²) in [6.07, 6.45) is 0. The summed E-state index contributed by atoms with van der Waals surface area (Å²) in [7, 11) is 0. The van der Waals surface area contributed by atoms with Crippen molar-refractivity contribution in [1.82, 2.24) is 14.8 Å². The van der Waals surface area contributed by atoms with E-state index in [1.807, 2.05) is 0 Å². The van der Waals surface area contributed by atoms with Crippen molar-refractivity contribution in [3.05, 3.63) is 53.8 Å². The van der Waals surface area contributed by atoms with Crippen molar-refractivity contribution in [2.75, 3.05) is 13.4 Å². The third-order valence-electron chi connectivity index (χ3n) is 3.76. The molecule has 1 aliphatic heterocycles. The van der Waals surface area contributed by atoms with Crippen LogP contribution in [0.5, 0.6) is 17.5 Å². The summed E-state index contributed by atoms with van der Waals surface area (Å²) in [5, 5.41) is 4.12. The maximum Gasteiger partial charge on any atom is 0.336 e. The highest BCUT2D eigenvalue weighted by molar-refractivity contribution is 5.97. The fourth-order valence-corrected chi connectivity index (χ4v) is 2.59. The number of aromatic nitrogens is 3. The summed E-state index contributed by atoms with van der Waals surface area (Å²) in [6, 6.07) is 10.6. The van der Waals surface area contributed by atoms with Crippen molar-refractivity contribution in [2.24, 2.45) is 0 Å². The van der Waals surface area contributed by atoms with Crippen LogP contribution in [0, 0.1) is 5.82 Å². The van der Waals surface area contributed by atoms with Gasteiger partial charge in [0.1, 0.15) is 5.82 Å². The molecule has 0 saturated carbocycles. The van der Waals surface area contributed by atoms with Crippen LogP contribution in [0.4, 0.5) is 4.39 Å². The summed E-state index contributed by atoms with van der Waals surface area (Å²) in [5.74, 6) is 0.400. The monoisotopic (exact) mass is 355 g/mol. The van der Waals surface area contributed by atoms with Gasteiger partial charge in [-0.15, -0.1) is 5.10 Å². The maximum absolute atomic E-state index is 13.5. The predicted molar refractivity (Wildman–Crippen MR) is 88.9 cm³/mol. The lowest BCUT2D eigenvalue weighted by molar-refractivity contribution is 0.0944. The number of halogens is 1.